The molecule has 2 nitrogen and oxygen atoms in total. The predicted molar refractivity (Wildman–Crippen MR) is 62.7 cm³/mol. The Morgan fingerprint density at radius 1 is 1.40 bits per heavy atom. The summed E-state index contributed by atoms with van der Waals surface area (Å²) in [6.45, 7) is 3.63. The van der Waals surface area contributed by atoms with Crippen LogP contribution in [0.15, 0.2) is 24.3 Å². The summed E-state index contributed by atoms with van der Waals surface area (Å²) in [5.41, 5.74) is 8.35. The molecule has 2 N–H and O–H groups in total. The fourth-order valence-electron chi connectivity index (χ4n) is 1.73. The minimum atomic E-state index is 0.0681. The van der Waals surface area contributed by atoms with Crippen LogP contribution in [-0.2, 0) is 11.2 Å². The van der Waals surface area contributed by atoms with Gasteiger partial charge in [-0.1, -0.05) is 24.3 Å². The predicted octanol–water partition coefficient (Wildman–Crippen LogP) is 2.62. The molecule has 1 aromatic rings. The van der Waals surface area contributed by atoms with Crippen LogP contribution >= 0.6 is 0 Å². The van der Waals surface area contributed by atoms with E-state index in [4.69, 9.17) is 5.73 Å². The number of aryl methyl sites for hydroxylation is 1. The van der Waals surface area contributed by atoms with E-state index < -0.39 is 0 Å². The summed E-state index contributed by atoms with van der Waals surface area (Å²) in [4.78, 5) is 10.8. The first-order valence-electron chi connectivity index (χ1n) is 5.44. The van der Waals surface area contributed by atoms with Crippen molar-refractivity contribution in [2.75, 3.05) is 0 Å². The first-order valence-corrected chi connectivity index (χ1v) is 5.44. The first kappa shape index (κ1) is 11.9. The van der Waals surface area contributed by atoms with E-state index in [1.54, 1.807) is 6.92 Å². The van der Waals surface area contributed by atoms with E-state index in [1.165, 1.54) is 11.1 Å². The summed E-state index contributed by atoms with van der Waals surface area (Å²) in [6.07, 6.45) is 2.52. The summed E-state index contributed by atoms with van der Waals surface area (Å²) in [6, 6.07) is 8.26. The minimum Gasteiger partial charge on any atom is -0.324 e. The molecule has 1 aromatic carbocycles. The largest absolute Gasteiger partial charge is 0.324 e. The Balaban J connectivity index is 2.63. The zero-order valence-electron chi connectivity index (χ0n) is 9.49. The van der Waals surface area contributed by atoms with Gasteiger partial charge >= 0.3 is 0 Å². The fourth-order valence-corrected chi connectivity index (χ4v) is 1.73. The third-order valence-electron chi connectivity index (χ3n) is 2.52. The fraction of sp³-hybridized carbons (Fsp3) is 0.462. The Labute approximate surface area is 91.5 Å². The zero-order valence-corrected chi connectivity index (χ0v) is 9.49. The standard InChI is InChI=1S/C13H19NO/c1-10(15)6-5-8-12-7-3-4-9-13(12)11(2)14/h3-4,7,9,11H,5-6,8,14H2,1-2H3. The van der Waals surface area contributed by atoms with Gasteiger partial charge < -0.3 is 10.5 Å². The highest BCUT2D eigenvalue weighted by Crippen LogP contribution is 2.17. The van der Waals surface area contributed by atoms with E-state index in [1.807, 2.05) is 19.1 Å². The Kier molecular flexibility index (Phi) is 4.50. The van der Waals surface area contributed by atoms with Crippen LogP contribution in [-0.4, -0.2) is 5.78 Å². The van der Waals surface area contributed by atoms with Crippen LogP contribution in [0.5, 0.6) is 0 Å². The van der Waals surface area contributed by atoms with Gasteiger partial charge in [0, 0.05) is 12.5 Å². The van der Waals surface area contributed by atoms with Crippen LogP contribution in [0.3, 0.4) is 0 Å². The lowest BCUT2D eigenvalue weighted by atomic mass is 9.97. The average molecular weight is 205 g/mol. The van der Waals surface area contributed by atoms with Crippen molar-refractivity contribution >= 4 is 5.78 Å². The molecule has 0 aromatic heterocycles. The van der Waals surface area contributed by atoms with Crippen molar-refractivity contribution in [3.8, 4) is 0 Å². The molecule has 0 amide bonds. The molecular weight excluding hydrogens is 186 g/mol. The zero-order chi connectivity index (χ0) is 11.3. The van der Waals surface area contributed by atoms with E-state index in [0.717, 1.165) is 12.8 Å². The number of hydrogen-bond donors (Lipinski definition) is 1. The van der Waals surface area contributed by atoms with E-state index >= 15 is 0 Å². The molecule has 1 rings (SSSR count). The first-order chi connectivity index (χ1) is 7.11. The van der Waals surface area contributed by atoms with E-state index in [9.17, 15) is 4.79 Å². The number of hydrogen-bond acceptors (Lipinski definition) is 2. The summed E-state index contributed by atoms with van der Waals surface area (Å²) in [5.74, 6) is 0.258. The lowest BCUT2D eigenvalue weighted by Gasteiger charge is -2.11. The molecule has 2 heteroatoms. The van der Waals surface area contributed by atoms with Gasteiger partial charge in [0.1, 0.15) is 5.78 Å². The molecule has 1 unspecified atom stereocenters. The van der Waals surface area contributed by atoms with Crippen LogP contribution in [0, 0.1) is 0 Å². The SMILES string of the molecule is CC(=O)CCCc1ccccc1C(C)N. The number of rotatable bonds is 5. The molecule has 0 fully saturated rings. The molecule has 15 heavy (non-hydrogen) atoms. The van der Waals surface area contributed by atoms with E-state index in [-0.39, 0.29) is 11.8 Å². The Morgan fingerprint density at radius 2 is 2.07 bits per heavy atom. The van der Waals surface area contributed by atoms with Gasteiger partial charge in [0.15, 0.2) is 0 Å². The van der Waals surface area contributed by atoms with Crippen molar-refractivity contribution in [2.45, 2.75) is 39.2 Å². The third-order valence-corrected chi connectivity index (χ3v) is 2.52. The van der Waals surface area contributed by atoms with Crippen molar-refractivity contribution in [1.82, 2.24) is 0 Å². The highest BCUT2D eigenvalue weighted by atomic mass is 16.1. The maximum atomic E-state index is 10.8. The molecule has 0 saturated carbocycles. The van der Waals surface area contributed by atoms with E-state index in [0.29, 0.717) is 6.42 Å². The lowest BCUT2D eigenvalue weighted by Crippen LogP contribution is -2.08. The number of ketones is 1. The van der Waals surface area contributed by atoms with Crippen molar-refractivity contribution in [2.24, 2.45) is 5.73 Å². The van der Waals surface area contributed by atoms with Gasteiger partial charge in [0.05, 0.1) is 0 Å². The second-order valence-electron chi connectivity index (χ2n) is 4.04. The van der Waals surface area contributed by atoms with Crippen LogP contribution in [0.1, 0.15) is 43.9 Å². The van der Waals surface area contributed by atoms with Crippen molar-refractivity contribution in [3.05, 3.63) is 35.4 Å². The van der Waals surface area contributed by atoms with Crippen molar-refractivity contribution in [1.29, 1.82) is 0 Å². The molecule has 0 radical (unpaired) electrons. The average Bonchev–Trinajstić information content (AvgIpc) is 2.17. The van der Waals surface area contributed by atoms with Gasteiger partial charge in [0.25, 0.3) is 0 Å². The quantitative estimate of drug-likeness (QED) is 0.803. The van der Waals surface area contributed by atoms with Crippen molar-refractivity contribution in [3.63, 3.8) is 0 Å². The number of carbonyl (C=O) groups excluding carboxylic acids is 1. The molecule has 1 atom stereocenters. The van der Waals surface area contributed by atoms with Crippen LogP contribution < -0.4 is 5.73 Å². The van der Waals surface area contributed by atoms with Crippen LogP contribution in [0.25, 0.3) is 0 Å². The number of Topliss-reactive ketones (excluding diaryl/α,β-unsaturated/α-hetero) is 1. The van der Waals surface area contributed by atoms with Gasteiger partial charge in [-0.25, -0.2) is 0 Å². The number of carbonyl (C=O) groups is 1. The second kappa shape index (κ2) is 5.66. The van der Waals surface area contributed by atoms with Gasteiger partial charge in [-0.2, -0.15) is 0 Å². The maximum absolute atomic E-state index is 10.8. The molecule has 0 spiro atoms. The van der Waals surface area contributed by atoms with Gasteiger partial charge in [-0.15, -0.1) is 0 Å². The van der Waals surface area contributed by atoms with Crippen LogP contribution in [0.2, 0.25) is 0 Å². The highest BCUT2D eigenvalue weighted by Gasteiger charge is 2.05. The second-order valence-corrected chi connectivity index (χ2v) is 4.04. The molecule has 0 aliphatic heterocycles. The summed E-state index contributed by atoms with van der Waals surface area (Å²) >= 11 is 0. The van der Waals surface area contributed by atoms with Gasteiger partial charge in [-0.05, 0) is 37.8 Å². The summed E-state index contributed by atoms with van der Waals surface area (Å²) < 4.78 is 0. The smallest absolute Gasteiger partial charge is 0.129 e. The van der Waals surface area contributed by atoms with Crippen LogP contribution in [0.4, 0.5) is 0 Å². The maximum Gasteiger partial charge on any atom is 0.129 e. The minimum absolute atomic E-state index is 0.0681. The molecule has 82 valence electrons. The monoisotopic (exact) mass is 205 g/mol. The molecule has 0 aliphatic carbocycles. The molecule has 0 saturated heterocycles. The topological polar surface area (TPSA) is 43.1 Å². The Morgan fingerprint density at radius 3 is 2.67 bits per heavy atom. The molecule has 0 heterocycles. The lowest BCUT2D eigenvalue weighted by molar-refractivity contribution is -0.117. The summed E-state index contributed by atoms with van der Waals surface area (Å²) in [7, 11) is 0. The van der Waals surface area contributed by atoms with Gasteiger partial charge in [-0.3, -0.25) is 0 Å². The molecule has 0 aliphatic rings. The Hall–Kier alpha value is -1.15. The normalized spacial score (nSPS) is 12.5. The molecule has 0 bridgehead atoms. The Bertz CT molecular complexity index is 331. The number of benzene rings is 1. The van der Waals surface area contributed by atoms with Crippen molar-refractivity contribution < 1.29 is 4.79 Å². The van der Waals surface area contributed by atoms with E-state index in [2.05, 4.69) is 12.1 Å². The highest BCUT2D eigenvalue weighted by molar-refractivity contribution is 5.75. The van der Waals surface area contributed by atoms with Gasteiger partial charge in [0.2, 0.25) is 0 Å². The third kappa shape index (κ3) is 3.84. The number of nitrogens with two attached hydrogens (primary N) is 1. The summed E-state index contributed by atoms with van der Waals surface area (Å²) in [5, 5.41) is 0. The molecular formula is C13H19NO.